The Morgan fingerprint density at radius 1 is 1.11 bits per heavy atom. The molecule has 3 heteroatoms. The van der Waals surface area contributed by atoms with E-state index in [0.717, 1.165) is 0 Å². The van der Waals surface area contributed by atoms with Gasteiger partial charge >= 0.3 is 0 Å². The third-order valence-electron chi connectivity index (χ3n) is 4.63. The van der Waals surface area contributed by atoms with E-state index < -0.39 is 0 Å². The molecule has 2 fully saturated rings. The molecule has 0 aromatic heterocycles. The van der Waals surface area contributed by atoms with Crippen LogP contribution in [-0.4, -0.2) is 20.0 Å². The summed E-state index contributed by atoms with van der Waals surface area (Å²) in [4.78, 5) is 12.7. The van der Waals surface area contributed by atoms with E-state index in [4.69, 9.17) is 9.47 Å². The molecule has 102 valence electrons. The zero-order valence-electron chi connectivity index (χ0n) is 11.5. The summed E-state index contributed by atoms with van der Waals surface area (Å²) in [5.41, 5.74) is 0.682. The van der Waals surface area contributed by atoms with Crippen LogP contribution < -0.4 is 9.47 Å². The number of carbonyl (C=O) groups is 1. The van der Waals surface area contributed by atoms with Gasteiger partial charge in [0.2, 0.25) is 0 Å². The van der Waals surface area contributed by atoms with Gasteiger partial charge in [-0.1, -0.05) is 12.8 Å². The number of hydrogen-bond donors (Lipinski definition) is 0. The van der Waals surface area contributed by atoms with Crippen molar-refractivity contribution in [1.29, 1.82) is 0 Å². The summed E-state index contributed by atoms with van der Waals surface area (Å²) >= 11 is 0. The number of Topliss-reactive ketones (excluding diaryl/α,β-unsaturated/α-hetero) is 1. The van der Waals surface area contributed by atoms with Gasteiger partial charge in [0.1, 0.15) is 11.5 Å². The minimum absolute atomic E-state index is 0.225. The van der Waals surface area contributed by atoms with Crippen LogP contribution in [0.1, 0.15) is 36.0 Å². The topological polar surface area (TPSA) is 35.5 Å². The molecule has 0 N–H and O–H groups in total. The average Bonchev–Trinajstić information content (AvgIpc) is 3.20. The molecule has 0 bridgehead atoms. The van der Waals surface area contributed by atoms with E-state index >= 15 is 0 Å². The molecule has 2 aliphatic carbocycles. The SMILES string of the molecule is COc1ccc(OC)c(C(=O)C2C3CCCCC32)c1. The lowest BCUT2D eigenvalue weighted by molar-refractivity contribution is 0.0953. The maximum Gasteiger partial charge on any atom is 0.170 e. The highest BCUT2D eigenvalue weighted by Crippen LogP contribution is 2.57. The van der Waals surface area contributed by atoms with E-state index in [1.807, 2.05) is 18.2 Å². The number of rotatable bonds is 4. The van der Waals surface area contributed by atoms with Crippen molar-refractivity contribution >= 4 is 5.78 Å². The molecule has 0 heterocycles. The third-order valence-corrected chi connectivity index (χ3v) is 4.63. The molecule has 0 saturated heterocycles. The molecule has 3 nitrogen and oxygen atoms in total. The van der Waals surface area contributed by atoms with Gasteiger partial charge in [0.05, 0.1) is 19.8 Å². The Labute approximate surface area is 113 Å². The van der Waals surface area contributed by atoms with Crippen molar-refractivity contribution in [2.75, 3.05) is 14.2 Å². The highest BCUT2D eigenvalue weighted by atomic mass is 16.5. The number of ketones is 1. The summed E-state index contributed by atoms with van der Waals surface area (Å²) in [5.74, 6) is 3.09. The summed E-state index contributed by atoms with van der Waals surface area (Å²) in [6, 6.07) is 5.46. The molecular formula is C16H20O3. The van der Waals surface area contributed by atoms with E-state index in [1.165, 1.54) is 25.7 Å². The monoisotopic (exact) mass is 260 g/mol. The summed E-state index contributed by atoms with van der Waals surface area (Å²) in [6.07, 6.45) is 4.99. The molecule has 0 aliphatic heterocycles. The van der Waals surface area contributed by atoms with Crippen molar-refractivity contribution in [2.24, 2.45) is 17.8 Å². The smallest absolute Gasteiger partial charge is 0.170 e. The van der Waals surface area contributed by atoms with Gasteiger partial charge in [-0.05, 0) is 42.9 Å². The van der Waals surface area contributed by atoms with Crippen LogP contribution >= 0.6 is 0 Å². The highest BCUT2D eigenvalue weighted by Gasteiger charge is 2.54. The largest absolute Gasteiger partial charge is 0.497 e. The Hall–Kier alpha value is -1.51. The molecule has 2 atom stereocenters. The second kappa shape index (κ2) is 4.87. The molecule has 19 heavy (non-hydrogen) atoms. The molecular weight excluding hydrogens is 240 g/mol. The average molecular weight is 260 g/mol. The molecule has 1 aromatic rings. The van der Waals surface area contributed by atoms with Gasteiger partial charge in [-0.2, -0.15) is 0 Å². The molecule has 2 unspecified atom stereocenters. The minimum atomic E-state index is 0.225. The minimum Gasteiger partial charge on any atom is -0.497 e. The van der Waals surface area contributed by atoms with Crippen molar-refractivity contribution in [3.63, 3.8) is 0 Å². The number of benzene rings is 1. The fraction of sp³-hybridized carbons (Fsp3) is 0.562. The number of methoxy groups -OCH3 is 2. The molecule has 1 aromatic carbocycles. The van der Waals surface area contributed by atoms with E-state index in [-0.39, 0.29) is 11.7 Å². The van der Waals surface area contributed by atoms with Crippen LogP contribution in [0.15, 0.2) is 18.2 Å². The van der Waals surface area contributed by atoms with Gasteiger partial charge in [0, 0.05) is 5.92 Å². The standard InChI is InChI=1S/C16H20O3/c1-18-10-7-8-14(19-2)13(9-10)16(17)15-11-5-3-4-6-12(11)15/h7-9,11-12,15H,3-6H2,1-2H3. The summed E-state index contributed by atoms with van der Waals surface area (Å²) in [5, 5.41) is 0. The Kier molecular flexibility index (Phi) is 3.21. The summed E-state index contributed by atoms with van der Waals surface area (Å²) in [6.45, 7) is 0. The van der Waals surface area contributed by atoms with Crippen molar-refractivity contribution in [2.45, 2.75) is 25.7 Å². The zero-order valence-corrected chi connectivity index (χ0v) is 11.5. The second-order valence-corrected chi connectivity index (χ2v) is 5.57. The maximum atomic E-state index is 12.7. The van der Waals surface area contributed by atoms with E-state index in [2.05, 4.69) is 0 Å². The van der Waals surface area contributed by atoms with Gasteiger partial charge in [-0.25, -0.2) is 0 Å². The molecule has 2 saturated carbocycles. The Morgan fingerprint density at radius 3 is 2.37 bits per heavy atom. The van der Waals surface area contributed by atoms with Crippen LogP contribution in [0, 0.1) is 17.8 Å². The first kappa shape index (κ1) is 12.5. The van der Waals surface area contributed by atoms with Gasteiger partial charge in [0.25, 0.3) is 0 Å². The lowest BCUT2D eigenvalue weighted by atomic mass is 10.0. The second-order valence-electron chi connectivity index (χ2n) is 5.57. The quantitative estimate of drug-likeness (QED) is 0.779. The fourth-order valence-electron chi connectivity index (χ4n) is 3.57. The van der Waals surface area contributed by atoms with Gasteiger partial charge in [-0.3, -0.25) is 4.79 Å². The summed E-state index contributed by atoms with van der Waals surface area (Å²) < 4.78 is 10.5. The maximum absolute atomic E-state index is 12.7. The highest BCUT2D eigenvalue weighted by molar-refractivity contribution is 6.02. The number of fused-ring (bicyclic) bond motifs is 1. The summed E-state index contributed by atoms with van der Waals surface area (Å²) in [7, 11) is 3.23. The van der Waals surface area contributed by atoms with Crippen molar-refractivity contribution in [3.05, 3.63) is 23.8 Å². The van der Waals surface area contributed by atoms with E-state index in [0.29, 0.717) is 28.9 Å². The first-order valence-electron chi connectivity index (χ1n) is 7.02. The van der Waals surface area contributed by atoms with Crippen LogP contribution in [0.2, 0.25) is 0 Å². The number of carbonyl (C=O) groups excluding carboxylic acids is 1. The van der Waals surface area contributed by atoms with E-state index in [1.54, 1.807) is 14.2 Å². The van der Waals surface area contributed by atoms with Gasteiger partial charge in [0.15, 0.2) is 5.78 Å². The zero-order chi connectivity index (χ0) is 13.4. The first-order chi connectivity index (χ1) is 9.26. The van der Waals surface area contributed by atoms with Crippen molar-refractivity contribution in [1.82, 2.24) is 0 Å². The van der Waals surface area contributed by atoms with Crippen LogP contribution in [0.25, 0.3) is 0 Å². The molecule has 0 amide bonds. The molecule has 2 aliphatic rings. The Balaban J connectivity index is 1.86. The Morgan fingerprint density at radius 2 is 1.79 bits per heavy atom. The van der Waals surface area contributed by atoms with E-state index in [9.17, 15) is 4.79 Å². The fourth-order valence-corrected chi connectivity index (χ4v) is 3.57. The van der Waals surface area contributed by atoms with Crippen LogP contribution in [0.5, 0.6) is 11.5 Å². The van der Waals surface area contributed by atoms with Crippen LogP contribution in [0.4, 0.5) is 0 Å². The predicted octanol–water partition coefficient (Wildman–Crippen LogP) is 3.32. The van der Waals surface area contributed by atoms with Crippen LogP contribution in [-0.2, 0) is 0 Å². The van der Waals surface area contributed by atoms with Gasteiger partial charge < -0.3 is 9.47 Å². The number of ether oxygens (including phenoxy) is 2. The van der Waals surface area contributed by atoms with Gasteiger partial charge in [-0.15, -0.1) is 0 Å². The Bertz CT molecular complexity index is 483. The number of hydrogen-bond acceptors (Lipinski definition) is 3. The third kappa shape index (κ3) is 2.11. The molecule has 0 spiro atoms. The molecule has 0 radical (unpaired) electrons. The lowest BCUT2D eigenvalue weighted by Crippen LogP contribution is -2.07. The van der Waals surface area contributed by atoms with Crippen molar-refractivity contribution in [3.8, 4) is 11.5 Å². The molecule has 3 rings (SSSR count). The van der Waals surface area contributed by atoms with Crippen LogP contribution in [0.3, 0.4) is 0 Å². The normalized spacial score (nSPS) is 28.4. The lowest BCUT2D eigenvalue weighted by Gasteiger charge is -2.09. The van der Waals surface area contributed by atoms with Crippen molar-refractivity contribution < 1.29 is 14.3 Å². The first-order valence-corrected chi connectivity index (χ1v) is 7.02. The predicted molar refractivity (Wildman–Crippen MR) is 72.8 cm³/mol.